The van der Waals surface area contributed by atoms with Gasteiger partial charge in [-0.1, -0.05) is 11.6 Å². The van der Waals surface area contributed by atoms with E-state index in [-0.39, 0.29) is 10.6 Å². The molecule has 0 aliphatic carbocycles. The lowest BCUT2D eigenvalue weighted by atomic mass is 10.1. The van der Waals surface area contributed by atoms with E-state index in [2.05, 4.69) is 0 Å². The highest BCUT2D eigenvalue weighted by Crippen LogP contribution is 2.19. The smallest absolute Gasteiger partial charge is 0.125 e. The van der Waals surface area contributed by atoms with E-state index >= 15 is 0 Å². The maximum absolute atomic E-state index is 12.6. The highest BCUT2D eigenvalue weighted by molar-refractivity contribution is 6.30. The first kappa shape index (κ1) is 9.45. The van der Waals surface area contributed by atoms with Crippen LogP contribution < -0.4 is 0 Å². The third-order valence-electron chi connectivity index (χ3n) is 1.44. The zero-order valence-corrected chi connectivity index (χ0v) is 6.92. The molecule has 0 aliphatic heterocycles. The first-order valence-corrected chi connectivity index (χ1v) is 3.76. The van der Waals surface area contributed by atoms with Crippen molar-refractivity contribution in [2.45, 2.75) is 6.10 Å². The molecule has 0 spiro atoms. The average Bonchev–Trinajstić information content (AvgIpc) is 2.01. The molecule has 4 heteroatoms. The SMILES string of the molecule is OCC(O)c1cc(F)cc(Cl)c1. The van der Waals surface area contributed by atoms with Crippen molar-refractivity contribution in [1.82, 2.24) is 0 Å². The van der Waals surface area contributed by atoms with Gasteiger partial charge in [0.25, 0.3) is 0 Å². The van der Waals surface area contributed by atoms with E-state index < -0.39 is 18.5 Å². The van der Waals surface area contributed by atoms with Crippen molar-refractivity contribution in [3.63, 3.8) is 0 Å². The van der Waals surface area contributed by atoms with Gasteiger partial charge in [0.1, 0.15) is 11.9 Å². The van der Waals surface area contributed by atoms with Crippen LogP contribution in [0.25, 0.3) is 0 Å². The Balaban J connectivity index is 3.00. The topological polar surface area (TPSA) is 40.5 Å². The van der Waals surface area contributed by atoms with Crippen LogP contribution >= 0.6 is 11.6 Å². The fraction of sp³-hybridized carbons (Fsp3) is 0.250. The first-order chi connectivity index (χ1) is 5.63. The van der Waals surface area contributed by atoms with Gasteiger partial charge in [-0.2, -0.15) is 0 Å². The van der Waals surface area contributed by atoms with Crippen molar-refractivity contribution in [2.24, 2.45) is 0 Å². The van der Waals surface area contributed by atoms with Crippen LogP contribution in [0.1, 0.15) is 11.7 Å². The van der Waals surface area contributed by atoms with Gasteiger partial charge in [-0.25, -0.2) is 4.39 Å². The molecular formula is C8H8ClFO2. The number of hydrogen-bond donors (Lipinski definition) is 2. The first-order valence-electron chi connectivity index (χ1n) is 3.38. The summed E-state index contributed by atoms with van der Waals surface area (Å²) in [4.78, 5) is 0. The summed E-state index contributed by atoms with van der Waals surface area (Å²) < 4.78 is 12.6. The van der Waals surface area contributed by atoms with Crippen LogP contribution in [0.5, 0.6) is 0 Å². The molecular weight excluding hydrogens is 183 g/mol. The van der Waals surface area contributed by atoms with Gasteiger partial charge < -0.3 is 10.2 Å². The monoisotopic (exact) mass is 190 g/mol. The van der Waals surface area contributed by atoms with Gasteiger partial charge in [-0.3, -0.25) is 0 Å². The molecule has 1 atom stereocenters. The van der Waals surface area contributed by atoms with Crippen LogP contribution in [-0.2, 0) is 0 Å². The van der Waals surface area contributed by atoms with E-state index in [1.807, 2.05) is 0 Å². The molecule has 0 aliphatic rings. The van der Waals surface area contributed by atoms with Crippen molar-refractivity contribution in [1.29, 1.82) is 0 Å². The molecule has 66 valence electrons. The Morgan fingerprint density at radius 1 is 1.42 bits per heavy atom. The van der Waals surface area contributed by atoms with E-state index in [1.165, 1.54) is 6.07 Å². The maximum atomic E-state index is 12.6. The van der Waals surface area contributed by atoms with Crippen molar-refractivity contribution in [3.05, 3.63) is 34.6 Å². The third kappa shape index (κ3) is 2.17. The Hall–Kier alpha value is -0.640. The van der Waals surface area contributed by atoms with Crippen LogP contribution in [0.4, 0.5) is 4.39 Å². The van der Waals surface area contributed by atoms with E-state index in [9.17, 15) is 4.39 Å². The quantitative estimate of drug-likeness (QED) is 0.742. The highest BCUT2D eigenvalue weighted by atomic mass is 35.5. The minimum Gasteiger partial charge on any atom is -0.393 e. The number of halogens is 2. The van der Waals surface area contributed by atoms with Crippen molar-refractivity contribution < 1.29 is 14.6 Å². The summed E-state index contributed by atoms with van der Waals surface area (Å²) in [5.41, 5.74) is 0.280. The Kier molecular flexibility index (Phi) is 3.03. The molecule has 0 fully saturated rings. The summed E-state index contributed by atoms with van der Waals surface area (Å²) in [5.74, 6) is -0.523. The second kappa shape index (κ2) is 3.85. The second-order valence-electron chi connectivity index (χ2n) is 2.40. The molecule has 0 saturated heterocycles. The highest BCUT2D eigenvalue weighted by Gasteiger charge is 2.07. The fourth-order valence-corrected chi connectivity index (χ4v) is 1.10. The van der Waals surface area contributed by atoms with Gasteiger partial charge >= 0.3 is 0 Å². The van der Waals surface area contributed by atoms with Crippen LogP contribution in [0, 0.1) is 5.82 Å². The molecule has 0 aromatic heterocycles. The van der Waals surface area contributed by atoms with Crippen molar-refractivity contribution in [3.8, 4) is 0 Å². The van der Waals surface area contributed by atoms with Gasteiger partial charge in [0, 0.05) is 5.02 Å². The van der Waals surface area contributed by atoms with Crippen LogP contribution in [0.15, 0.2) is 18.2 Å². The fourth-order valence-electron chi connectivity index (χ4n) is 0.873. The third-order valence-corrected chi connectivity index (χ3v) is 1.66. The van der Waals surface area contributed by atoms with E-state index in [0.29, 0.717) is 0 Å². The Bertz CT molecular complexity index is 258. The lowest BCUT2D eigenvalue weighted by molar-refractivity contribution is 0.0954. The molecule has 0 radical (unpaired) electrons. The minimum atomic E-state index is -1.07. The number of aliphatic hydroxyl groups is 2. The van der Waals surface area contributed by atoms with Gasteiger partial charge in [0.05, 0.1) is 6.61 Å². The summed E-state index contributed by atoms with van der Waals surface area (Å²) in [5, 5.41) is 17.9. The van der Waals surface area contributed by atoms with Gasteiger partial charge in [-0.05, 0) is 23.8 Å². The van der Waals surface area contributed by atoms with Gasteiger partial charge in [0.15, 0.2) is 0 Å². The lowest BCUT2D eigenvalue weighted by Crippen LogP contribution is -2.02. The minimum absolute atomic E-state index is 0.206. The molecule has 1 aromatic rings. The number of hydrogen-bond acceptors (Lipinski definition) is 2. The Morgan fingerprint density at radius 3 is 2.58 bits per heavy atom. The van der Waals surface area contributed by atoms with E-state index in [0.717, 1.165) is 12.1 Å². The normalized spacial score (nSPS) is 13.0. The van der Waals surface area contributed by atoms with Crippen LogP contribution in [0.3, 0.4) is 0 Å². The molecule has 1 aromatic carbocycles. The molecule has 2 N–H and O–H groups in total. The summed E-state index contributed by atoms with van der Waals surface area (Å²) in [6, 6.07) is 3.67. The number of aliphatic hydroxyl groups excluding tert-OH is 2. The Morgan fingerprint density at radius 2 is 2.08 bits per heavy atom. The molecule has 0 bridgehead atoms. The molecule has 1 unspecified atom stereocenters. The summed E-state index contributed by atoms with van der Waals surface area (Å²) in [6.45, 7) is -0.445. The standard InChI is InChI=1S/C8H8ClFO2/c9-6-1-5(8(12)4-11)2-7(10)3-6/h1-3,8,11-12H,4H2. The molecule has 0 amide bonds. The van der Waals surface area contributed by atoms with Gasteiger partial charge in [-0.15, -0.1) is 0 Å². The predicted molar refractivity (Wildman–Crippen MR) is 43.5 cm³/mol. The van der Waals surface area contributed by atoms with E-state index in [1.54, 1.807) is 0 Å². The van der Waals surface area contributed by atoms with Crippen LogP contribution in [0.2, 0.25) is 5.02 Å². The van der Waals surface area contributed by atoms with Crippen molar-refractivity contribution in [2.75, 3.05) is 6.61 Å². The lowest BCUT2D eigenvalue weighted by Gasteiger charge is -2.07. The zero-order chi connectivity index (χ0) is 9.14. The largest absolute Gasteiger partial charge is 0.393 e. The molecule has 12 heavy (non-hydrogen) atoms. The number of benzene rings is 1. The summed E-state index contributed by atoms with van der Waals surface area (Å²) >= 11 is 5.52. The summed E-state index contributed by atoms with van der Waals surface area (Å²) in [6.07, 6.45) is -1.07. The maximum Gasteiger partial charge on any atom is 0.125 e. The second-order valence-corrected chi connectivity index (χ2v) is 2.84. The van der Waals surface area contributed by atoms with Crippen LogP contribution in [-0.4, -0.2) is 16.8 Å². The molecule has 2 nitrogen and oxygen atoms in total. The predicted octanol–water partition coefficient (Wildman–Crippen LogP) is 1.50. The Labute approximate surface area is 74.2 Å². The molecule has 1 rings (SSSR count). The van der Waals surface area contributed by atoms with E-state index in [4.69, 9.17) is 21.8 Å². The molecule has 0 heterocycles. The molecule has 0 saturated carbocycles. The van der Waals surface area contributed by atoms with Crippen molar-refractivity contribution >= 4 is 11.6 Å². The van der Waals surface area contributed by atoms with Gasteiger partial charge in [0.2, 0.25) is 0 Å². The summed E-state index contributed by atoms with van der Waals surface area (Å²) in [7, 11) is 0. The average molecular weight is 191 g/mol. The number of rotatable bonds is 2. The zero-order valence-electron chi connectivity index (χ0n) is 6.17.